The van der Waals surface area contributed by atoms with E-state index >= 15 is 0 Å². The molecule has 42 heavy (non-hydrogen) atoms. The first kappa shape index (κ1) is 40.9. The molecule has 0 aliphatic rings. The Bertz CT molecular complexity index is 1060. The van der Waals surface area contributed by atoms with E-state index in [2.05, 4.69) is 32.9 Å². The van der Waals surface area contributed by atoms with E-state index in [1.165, 1.54) is 0 Å². The predicted octanol–water partition coefficient (Wildman–Crippen LogP) is -2.76. The Morgan fingerprint density at radius 3 is 1.26 bits per heavy atom. The van der Waals surface area contributed by atoms with Gasteiger partial charge in [-0.25, -0.2) is 9.36 Å². The minimum absolute atomic E-state index is 0.447. The average Bonchev–Trinajstić information content (AvgIpc) is 2.97. The van der Waals surface area contributed by atoms with Crippen LogP contribution in [-0.2, 0) is 38.0 Å². The zero-order valence-electron chi connectivity index (χ0n) is 22.5. The molecule has 17 heteroatoms. The van der Waals surface area contributed by atoms with E-state index < -0.39 is 98.6 Å². The van der Waals surface area contributed by atoms with E-state index in [9.17, 15) is 49.5 Å². The molecule has 16 nitrogen and oxygen atoms in total. The van der Waals surface area contributed by atoms with Crippen LogP contribution in [0.1, 0.15) is 0 Å². The van der Waals surface area contributed by atoms with Gasteiger partial charge in [0.2, 0.25) is 22.8 Å². The van der Waals surface area contributed by atoms with Gasteiger partial charge in [-0.15, -0.1) is 0 Å². The Kier molecular flexibility index (Phi) is 16.5. The van der Waals surface area contributed by atoms with Crippen LogP contribution in [0.2, 0.25) is 0 Å². The summed E-state index contributed by atoms with van der Waals surface area (Å²) in [6, 6.07) is 0. The first-order valence-electron chi connectivity index (χ1n) is 11.4. The third kappa shape index (κ3) is 8.62. The highest BCUT2D eigenvalue weighted by Gasteiger charge is 2.74. The molecule has 0 saturated heterocycles. The van der Waals surface area contributed by atoms with Crippen molar-refractivity contribution in [3.63, 3.8) is 0 Å². The number of ether oxygens (including phenoxy) is 2. The van der Waals surface area contributed by atoms with Crippen molar-refractivity contribution < 1.29 is 78.2 Å². The monoisotopic (exact) mass is 622 g/mol. The molecule has 0 heterocycles. The SMILES string of the molecule is C=CC(=O)OC(C(=O)C=C)(C(=O)C=C)C(CO)(COCC(CO)(CO)CO)C(O)(C(=O)C=C)C(=O)C=C.O=P(O)(O)O. The third-order valence-corrected chi connectivity index (χ3v) is 5.97. The van der Waals surface area contributed by atoms with Crippen molar-refractivity contribution >= 4 is 36.9 Å². The Labute approximate surface area is 240 Å². The number of carbonyl (C=O) groups is 5. The van der Waals surface area contributed by atoms with Crippen LogP contribution in [0.4, 0.5) is 0 Å². The fourth-order valence-corrected chi connectivity index (χ4v) is 3.62. The van der Waals surface area contributed by atoms with Crippen LogP contribution in [0.3, 0.4) is 0 Å². The highest BCUT2D eigenvalue weighted by Crippen LogP contribution is 2.48. The summed E-state index contributed by atoms with van der Waals surface area (Å²) in [7, 11) is -4.64. The van der Waals surface area contributed by atoms with E-state index in [1.807, 2.05) is 0 Å². The molecule has 0 spiro atoms. The van der Waals surface area contributed by atoms with Gasteiger partial charge in [0.15, 0.2) is 11.6 Å². The van der Waals surface area contributed by atoms with E-state index in [0.29, 0.717) is 30.4 Å². The second-order valence-electron chi connectivity index (χ2n) is 8.51. The Hall–Kier alpha value is -3.28. The molecule has 1 atom stereocenters. The zero-order valence-corrected chi connectivity index (χ0v) is 23.4. The fraction of sp³-hybridized carbons (Fsp3) is 0.400. The van der Waals surface area contributed by atoms with Crippen molar-refractivity contribution in [2.75, 3.05) is 39.6 Å². The van der Waals surface area contributed by atoms with Crippen molar-refractivity contribution in [3.05, 3.63) is 63.3 Å². The summed E-state index contributed by atoms with van der Waals surface area (Å²) in [6.45, 7) is 9.77. The van der Waals surface area contributed by atoms with E-state index in [1.54, 1.807) is 0 Å². The molecule has 0 rings (SSSR count). The van der Waals surface area contributed by atoms with E-state index in [-0.39, 0.29) is 0 Å². The highest BCUT2D eigenvalue weighted by atomic mass is 31.2. The van der Waals surface area contributed by atoms with Crippen LogP contribution in [0.25, 0.3) is 0 Å². The van der Waals surface area contributed by atoms with Crippen molar-refractivity contribution in [2.24, 2.45) is 10.8 Å². The number of aliphatic hydroxyl groups excluding tert-OH is 4. The van der Waals surface area contributed by atoms with Gasteiger partial charge in [0.25, 0.3) is 0 Å². The molecule has 0 aliphatic heterocycles. The Balaban J connectivity index is 0. The number of hydrogen-bond donors (Lipinski definition) is 8. The zero-order chi connectivity index (χ0) is 33.6. The lowest BCUT2D eigenvalue weighted by Crippen LogP contribution is -2.76. The van der Waals surface area contributed by atoms with Gasteiger partial charge in [0, 0.05) is 6.08 Å². The second-order valence-corrected chi connectivity index (χ2v) is 9.54. The van der Waals surface area contributed by atoms with Gasteiger partial charge in [-0.3, -0.25) is 19.2 Å². The summed E-state index contributed by atoms with van der Waals surface area (Å²) in [6.07, 6.45) is 2.35. The maximum absolute atomic E-state index is 13.3. The molecule has 0 aromatic carbocycles. The van der Waals surface area contributed by atoms with Crippen molar-refractivity contribution in [2.45, 2.75) is 11.2 Å². The van der Waals surface area contributed by atoms with Crippen LogP contribution in [-0.4, -0.2) is 120 Å². The number of hydrogen-bond acceptors (Lipinski definition) is 13. The normalized spacial score (nSPS) is 13.2. The lowest BCUT2D eigenvalue weighted by Gasteiger charge is -2.51. The van der Waals surface area contributed by atoms with Crippen molar-refractivity contribution in [1.82, 2.24) is 0 Å². The second kappa shape index (κ2) is 17.0. The smallest absolute Gasteiger partial charge is 0.438 e. The Morgan fingerprint density at radius 1 is 0.643 bits per heavy atom. The van der Waals surface area contributed by atoms with Crippen molar-refractivity contribution in [3.8, 4) is 0 Å². The lowest BCUT2D eigenvalue weighted by molar-refractivity contribution is -0.228. The van der Waals surface area contributed by atoms with E-state index in [0.717, 1.165) is 0 Å². The van der Waals surface area contributed by atoms with Gasteiger partial charge in [-0.1, -0.05) is 32.9 Å². The molecule has 236 valence electrons. The summed E-state index contributed by atoms with van der Waals surface area (Å²) < 4.78 is 19.4. The number of phosphoric acid groups is 1. The van der Waals surface area contributed by atoms with Crippen LogP contribution in [0.5, 0.6) is 0 Å². The van der Waals surface area contributed by atoms with Gasteiger partial charge < -0.3 is 49.7 Å². The molecule has 0 aliphatic carbocycles. The minimum Gasteiger partial charge on any atom is -0.438 e. The molecule has 0 saturated carbocycles. The first-order valence-corrected chi connectivity index (χ1v) is 12.9. The lowest BCUT2D eigenvalue weighted by atomic mass is 9.56. The summed E-state index contributed by atoms with van der Waals surface area (Å²) >= 11 is 0. The molecular weight excluding hydrogens is 587 g/mol. The maximum Gasteiger partial charge on any atom is 0.466 e. The van der Waals surface area contributed by atoms with E-state index in [4.69, 9.17) is 28.7 Å². The van der Waals surface area contributed by atoms with Crippen LogP contribution < -0.4 is 0 Å². The Morgan fingerprint density at radius 2 is 1.00 bits per heavy atom. The highest BCUT2D eigenvalue weighted by molar-refractivity contribution is 7.45. The summed E-state index contributed by atoms with van der Waals surface area (Å²) in [5.74, 6) is -7.58. The van der Waals surface area contributed by atoms with Gasteiger partial charge in [0.1, 0.15) is 5.41 Å². The molecule has 0 amide bonds. The number of ketones is 4. The van der Waals surface area contributed by atoms with Gasteiger partial charge in [0.05, 0.1) is 45.1 Å². The summed E-state index contributed by atoms with van der Waals surface area (Å²) in [5.41, 5.74) is -11.9. The first-order chi connectivity index (χ1) is 19.3. The van der Waals surface area contributed by atoms with Gasteiger partial charge in [-0.05, 0) is 24.3 Å². The number of rotatable bonds is 20. The van der Waals surface area contributed by atoms with Crippen molar-refractivity contribution in [1.29, 1.82) is 0 Å². The van der Waals surface area contributed by atoms with Crippen LogP contribution >= 0.6 is 7.82 Å². The fourth-order valence-electron chi connectivity index (χ4n) is 3.62. The largest absolute Gasteiger partial charge is 0.466 e. The predicted molar refractivity (Wildman–Crippen MR) is 143 cm³/mol. The maximum atomic E-state index is 13.3. The molecular formula is C25H35O16P. The number of esters is 1. The van der Waals surface area contributed by atoms with Gasteiger partial charge >= 0.3 is 13.8 Å². The molecule has 0 radical (unpaired) electrons. The number of carbonyl (C=O) groups excluding carboxylic acids is 5. The third-order valence-electron chi connectivity index (χ3n) is 5.97. The molecule has 8 N–H and O–H groups in total. The summed E-state index contributed by atoms with van der Waals surface area (Å²) in [5, 5.41) is 51.1. The topological polar surface area (TPSA) is 283 Å². The molecule has 0 fully saturated rings. The minimum atomic E-state index is -4.64. The standard InChI is InChI=1S/C25H32O12.H3O4P/c1-6-17(30)24(35,18(31)7-2)23(14-29,16-36-15-22(11-26,12-27)13-28)25(19(32)8-3,20(33)9-4)37-21(34)10-5;1-5(2,3)4/h6-10,26-29,35H,1-5,11-16H2;(H3,1,2,3,4). The average molecular weight is 623 g/mol. The molecule has 1 unspecified atom stereocenters. The molecule has 0 aromatic rings. The van der Waals surface area contributed by atoms with Crippen LogP contribution in [0.15, 0.2) is 63.3 Å². The van der Waals surface area contributed by atoms with Gasteiger partial charge in [-0.2, -0.15) is 0 Å². The molecule has 0 bridgehead atoms. The quantitative estimate of drug-likeness (QED) is 0.0295. The van der Waals surface area contributed by atoms with Crippen LogP contribution in [0, 0.1) is 10.8 Å². The molecule has 0 aromatic heterocycles. The number of aliphatic hydroxyl groups is 5. The summed E-state index contributed by atoms with van der Waals surface area (Å²) in [4.78, 5) is 86.6.